The number of rotatable bonds is 5. The maximum absolute atomic E-state index is 11.5. The summed E-state index contributed by atoms with van der Waals surface area (Å²) in [4.78, 5) is 24.2. The van der Waals surface area contributed by atoms with Gasteiger partial charge in [-0.25, -0.2) is 0 Å². The van der Waals surface area contributed by atoms with Crippen LogP contribution in [0.1, 0.15) is 32.6 Å². The van der Waals surface area contributed by atoms with Crippen molar-refractivity contribution in [3.8, 4) is 0 Å². The molecule has 0 radical (unpaired) electrons. The maximum atomic E-state index is 11.5. The number of nitrogens with one attached hydrogen (secondary N) is 1. The maximum Gasteiger partial charge on any atom is 0.234 e. The van der Waals surface area contributed by atoms with Crippen molar-refractivity contribution < 1.29 is 9.59 Å². The number of hydrogen-bond donors (Lipinski definition) is 1. The quantitative estimate of drug-likeness (QED) is 0.678. The zero-order chi connectivity index (χ0) is 11.1. The van der Waals surface area contributed by atoms with E-state index in [1.807, 2.05) is 11.8 Å². The van der Waals surface area contributed by atoms with Gasteiger partial charge in [0.25, 0.3) is 0 Å². The van der Waals surface area contributed by atoms with Crippen LogP contribution in [0.2, 0.25) is 0 Å². The van der Waals surface area contributed by atoms with E-state index in [-0.39, 0.29) is 11.9 Å². The summed E-state index contributed by atoms with van der Waals surface area (Å²) in [5.41, 5.74) is 0. The van der Waals surface area contributed by atoms with Crippen molar-refractivity contribution in [2.24, 2.45) is 0 Å². The first-order chi connectivity index (χ1) is 7.27. The molecule has 1 atom stereocenters. The second-order valence-corrected chi connectivity index (χ2v) is 4.02. The molecule has 0 aromatic carbocycles. The smallest absolute Gasteiger partial charge is 0.234 e. The van der Waals surface area contributed by atoms with Gasteiger partial charge in [-0.2, -0.15) is 0 Å². The Morgan fingerprint density at radius 3 is 3.00 bits per heavy atom. The first-order valence-electron chi connectivity index (χ1n) is 5.74. The highest BCUT2D eigenvalue weighted by molar-refractivity contribution is 5.78. The molecule has 1 aliphatic rings. The third-order valence-corrected chi connectivity index (χ3v) is 2.74. The van der Waals surface area contributed by atoms with Crippen molar-refractivity contribution in [3.05, 3.63) is 0 Å². The van der Waals surface area contributed by atoms with Gasteiger partial charge in [0.2, 0.25) is 5.91 Å². The predicted molar refractivity (Wildman–Crippen MR) is 58.6 cm³/mol. The number of carbonyl (C=O) groups is 2. The van der Waals surface area contributed by atoms with Gasteiger partial charge in [-0.15, -0.1) is 0 Å². The molecule has 86 valence electrons. The molecule has 0 aliphatic carbocycles. The molecule has 0 spiro atoms. The van der Waals surface area contributed by atoms with Crippen molar-refractivity contribution in [2.45, 2.75) is 38.6 Å². The number of piperidine rings is 1. The van der Waals surface area contributed by atoms with Crippen molar-refractivity contribution in [1.29, 1.82) is 0 Å². The Hall–Kier alpha value is -0.900. The lowest BCUT2D eigenvalue weighted by molar-refractivity contribution is -0.124. The average Bonchev–Trinajstić information content (AvgIpc) is 2.27. The molecule has 1 N–H and O–H groups in total. The number of amides is 1. The molecule has 0 saturated carbocycles. The molecule has 15 heavy (non-hydrogen) atoms. The lowest BCUT2D eigenvalue weighted by atomic mass is 10.0. The molecule has 1 amide bonds. The fraction of sp³-hybridized carbons (Fsp3) is 0.818. The molecule has 0 aromatic heterocycles. The molecule has 1 rings (SSSR count). The zero-order valence-corrected chi connectivity index (χ0v) is 9.37. The lowest BCUT2D eigenvalue weighted by Crippen LogP contribution is -2.46. The van der Waals surface area contributed by atoms with Crippen molar-refractivity contribution >= 4 is 12.2 Å². The van der Waals surface area contributed by atoms with E-state index in [0.29, 0.717) is 6.54 Å². The third-order valence-electron chi connectivity index (χ3n) is 2.74. The van der Waals surface area contributed by atoms with E-state index in [0.717, 1.165) is 45.1 Å². The molecular formula is C11H20N2O2. The summed E-state index contributed by atoms with van der Waals surface area (Å²) < 4.78 is 0. The summed E-state index contributed by atoms with van der Waals surface area (Å²) in [6, 6.07) is -0.0499. The summed E-state index contributed by atoms with van der Waals surface area (Å²) >= 11 is 0. The van der Waals surface area contributed by atoms with Gasteiger partial charge in [0, 0.05) is 6.54 Å². The molecule has 1 heterocycles. The molecular weight excluding hydrogens is 192 g/mol. The first-order valence-corrected chi connectivity index (χ1v) is 5.74. The van der Waals surface area contributed by atoms with Crippen LogP contribution in [-0.4, -0.2) is 42.8 Å². The van der Waals surface area contributed by atoms with Crippen molar-refractivity contribution in [3.63, 3.8) is 0 Å². The highest BCUT2D eigenvalue weighted by atomic mass is 16.2. The number of aldehydes is 1. The summed E-state index contributed by atoms with van der Waals surface area (Å²) in [5, 5.41) is 2.83. The number of hydrogen-bond acceptors (Lipinski definition) is 3. The van der Waals surface area contributed by atoms with E-state index in [4.69, 9.17) is 0 Å². The Bertz CT molecular complexity index is 219. The molecule has 4 heteroatoms. The van der Waals surface area contributed by atoms with Gasteiger partial charge in [0.1, 0.15) is 6.29 Å². The van der Waals surface area contributed by atoms with Gasteiger partial charge in [-0.1, -0.05) is 13.3 Å². The Kier molecular flexibility index (Phi) is 5.32. The van der Waals surface area contributed by atoms with Crippen molar-refractivity contribution in [2.75, 3.05) is 19.6 Å². The van der Waals surface area contributed by atoms with E-state index < -0.39 is 0 Å². The van der Waals surface area contributed by atoms with Crippen LogP contribution in [-0.2, 0) is 9.59 Å². The number of carbonyl (C=O) groups excluding carboxylic acids is 2. The fourth-order valence-corrected chi connectivity index (χ4v) is 1.87. The van der Waals surface area contributed by atoms with Crippen LogP contribution in [0.3, 0.4) is 0 Å². The standard InChI is InChI=1S/C11H20N2O2/c1-2-6-12-11(15)8-13-7-4-3-5-10(13)9-14/h9-10H,2-8H2,1H3,(H,12,15). The van der Waals surface area contributed by atoms with Crippen LogP contribution in [0.5, 0.6) is 0 Å². The van der Waals surface area contributed by atoms with Gasteiger partial charge in [-0.3, -0.25) is 9.69 Å². The van der Waals surface area contributed by atoms with Crippen LogP contribution >= 0.6 is 0 Å². The molecule has 0 bridgehead atoms. The minimum atomic E-state index is -0.0499. The Morgan fingerprint density at radius 1 is 1.53 bits per heavy atom. The van der Waals surface area contributed by atoms with Crippen LogP contribution in [0.15, 0.2) is 0 Å². The van der Waals surface area contributed by atoms with E-state index in [9.17, 15) is 9.59 Å². The molecule has 1 unspecified atom stereocenters. The highest BCUT2D eigenvalue weighted by Crippen LogP contribution is 2.14. The van der Waals surface area contributed by atoms with Gasteiger partial charge in [0.15, 0.2) is 0 Å². The topological polar surface area (TPSA) is 49.4 Å². The minimum Gasteiger partial charge on any atom is -0.355 e. The monoisotopic (exact) mass is 212 g/mol. The molecule has 1 fully saturated rings. The van der Waals surface area contributed by atoms with E-state index in [2.05, 4.69) is 5.32 Å². The molecule has 0 aromatic rings. The first kappa shape index (κ1) is 12.2. The molecule has 1 aliphatic heterocycles. The van der Waals surface area contributed by atoms with E-state index in [1.165, 1.54) is 0 Å². The van der Waals surface area contributed by atoms with Crippen LogP contribution in [0, 0.1) is 0 Å². The van der Waals surface area contributed by atoms with E-state index in [1.54, 1.807) is 0 Å². The number of nitrogens with zero attached hydrogens (tertiary/aromatic N) is 1. The van der Waals surface area contributed by atoms with Gasteiger partial charge < -0.3 is 10.1 Å². The summed E-state index contributed by atoms with van der Waals surface area (Å²) in [6.07, 6.45) is 4.99. The minimum absolute atomic E-state index is 0.0330. The Morgan fingerprint density at radius 2 is 2.33 bits per heavy atom. The highest BCUT2D eigenvalue weighted by Gasteiger charge is 2.23. The Labute approximate surface area is 91.0 Å². The largest absolute Gasteiger partial charge is 0.355 e. The predicted octanol–water partition coefficient (Wildman–Crippen LogP) is 0.566. The SMILES string of the molecule is CCCNC(=O)CN1CCCCC1C=O. The lowest BCUT2D eigenvalue weighted by Gasteiger charge is -2.31. The Balaban J connectivity index is 2.34. The van der Waals surface area contributed by atoms with Gasteiger partial charge >= 0.3 is 0 Å². The third kappa shape index (κ3) is 4.00. The van der Waals surface area contributed by atoms with Gasteiger partial charge in [0.05, 0.1) is 12.6 Å². The summed E-state index contributed by atoms with van der Waals surface area (Å²) in [6.45, 7) is 3.97. The fourth-order valence-electron chi connectivity index (χ4n) is 1.87. The average molecular weight is 212 g/mol. The van der Waals surface area contributed by atoms with Crippen LogP contribution in [0.4, 0.5) is 0 Å². The van der Waals surface area contributed by atoms with E-state index >= 15 is 0 Å². The number of likely N-dealkylation sites (tertiary alicyclic amines) is 1. The second kappa shape index (κ2) is 6.56. The molecule has 1 saturated heterocycles. The van der Waals surface area contributed by atoms with Crippen LogP contribution < -0.4 is 5.32 Å². The second-order valence-electron chi connectivity index (χ2n) is 4.02. The zero-order valence-electron chi connectivity index (χ0n) is 9.37. The normalized spacial score (nSPS) is 22.3. The van der Waals surface area contributed by atoms with Crippen molar-refractivity contribution in [1.82, 2.24) is 10.2 Å². The summed E-state index contributed by atoms with van der Waals surface area (Å²) in [5.74, 6) is 0.0330. The molecule has 4 nitrogen and oxygen atoms in total. The summed E-state index contributed by atoms with van der Waals surface area (Å²) in [7, 11) is 0. The van der Waals surface area contributed by atoms with Gasteiger partial charge in [-0.05, 0) is 25.8 Å². The van der Waals surface area contributed by atoms with Crippen LogP contribution in [0.25, 0.3) is 0 Å².